The highest BCUT2D eigenvalue weighted by Gasteiger charge is 2.39. The van der Waals surface area contributed by atoms with E-state index in [1.165, 1.54) is 21.3 Å². The molecule has 0 unspecified atom stereocenters. The first kappa shape index (κ1) is 30.9. The smallest absolute Gasteiger partial charge is 0.305 e. The van der Waals surface area contributed by atoms with E-state index in [2.05, 4.69) is 91.8 Å². The van der Waals surface area contributed by atoms with Gasteiger partial charge in [-0.1, -0.05) is 51.2 Å². The Morgan fingerprint density at radius 2 is 2.00 bits per heavy atom. The van der Waals surface area contributed by atoms with Crippen molar-refractivity contribution in [1.82, 2.24) is 0 Å². The van der Waals surface area contributed by atoms with Crippen molar-refractivity contribution < 1.29 is 18.8 Å². The van der Waals surface area contributed by atoms with E-state index < -0.39 is 8.32 Å². The largest absolute Gasteiger partial charge is 0.469 e. The van der Waals surface area contributed by atoms with Crippen LogP contribution in [0.2, 0.25) is 18.1 Å². The van der Waals surface area contributed by atoms with E-state index in [1.54, 1.807) is 6.08 Å². The maximum atomic E-state index is 12.5. The van der Waals surface area contributed by atoms with E-state index in [1.807, 2.05) is 17.4 Å². The molecule has 4 nitrogen and oxygen atoms in total. The second-order valence-electron chi connectivity index (χ2n) is 11.1. The molecular weight excluding hydrogens is 552 g/mol. The SMILES string of the molecule is COC(=O)CCC/C=C\C[C@H]1C(=O)C=C[C@@H]1/C=C/[C@H](CCc1cc(Br)c(C)s1)O[Si](C)(C)C(C)(C)C. The van der Waals surface area contributed by atoms with Crippen molar-refractivity contribution in [1.29, 1.82) is 0 Å². The van der Waals surface area contributed by atoms with Crippen LogP contribution in [0.3, 0.4) is 0 Å². The number of rotatable bonds is 13. The van der Waals surface area contributed by atoms with Gasteiger partial charge >= 0.3 is 5.97 Å². The molecule has 1 aliphatic carbocycles. The topological polar surface area (TPSA) is 52.6 Å². The van der Waals surface area contributed by atoms with Gasteiger partial charge in [0, 0.05) is 32.5 Å². The standard InChI is InChI=1S/C29H43BrO4SSi/c1-21-26(30)20-24(35-21)18-17-23(34-36(6,7)29(2,3)4)16-14-22-15-19-27(31)25(22)12-10-8-9-11-13-28(32)33-5/h8,10,14-16,19-20,22-23,25H,9,11-13,17-18H2,1-7H3/b10-8-,16-14+/t22-,23+,25+/m0/s1. The molecule has 1 heterocycles. The number of thiophene rings is 1. The lowest BCUT2D eigenvalue weighted by Gasteiger charge is -2.38. The Kier molecular flexibility index (Phi) is 12.1. The van der Waals surface area contributed by atoms with Crippen molar-refractivity contribution in [3.05, 3.63) is 56.7 Å². The summed E-state index contributed by atoms with van der Waals surface area (Å²) < 4.78 is 12.7. The molecule has 0 amide bonds. The number of unbranched alkanes of at least 4 members (excludes halogenated alkanes) is 1. The number of ether oxygens (including phenoxy) is 1. The number of hydrogen-bond donors (Lipinski definition) is 0. The van der Waals surface area contributed by atoms with E-state index in [9.17, 15) is 9.59 Å². The quantitative estimate of drug-likeness (QED) is 0.0995. The first-order valence-corrected chi connectivity index (χ1v) is 17.4. The maximum absolute atomic E-state index is 12.5. The van der Waals surface area contributed by atoms with Crippen LogP contribution >= 0.6 is 27.3 Å². The second-order valence-corrected chi connectivity index (χ2v) is 18.0. The second kappa shape index (κ2) is 14.0. The van der Waals surface area contributed by atoms with Gasteiger partial charge in [0.05, 0.1) is 13.2 Å². The van der Waals surface area contributed by atoms with Crippen LogP contribution in [0.1, 0.15) is 62.6 Å². The third-order valence-corrected chi connectivity index (χ3v) is 13.9. The first-order valence-electron chi connectivity index (χ1n) is 12.9. The molecule has 0 aliphatic heterocycles. The van der Waals surface area contributed by atoms with Gasteiger partial charge in [0.25, 0.3) is 0 Å². The summed E-state index contributed by atoms with van der Waals surface area (Å²) in [5.41, 5.74) is 0. The molecule has 0 aromatic carbocycles. The summed E-state index contributed by atoms with van der Waals surface area (Å²) in [5.74, 6) is 0.0214. The van der Waals surface area contributed by atoms with Crippen molar-refractivity contribution in [2.24, 2.45) is 11.8 Å². The molecule has 0 radical (unpaired) electrons. The van der Waals surface area contributed by atoms with Crippen LogP contribution in [0.4, 0.5) is 0 Å². The number of allylic oxidation sites excluding steroid dienone is 5. The lowest BCUT2D eigenvalue weighted by atomic mass is 9.90. The number of ketones is 1. The monoisotopic (exact) mass is 594 g/mol. The van der Waals surface area contributed by atoms with E-state index in [0.717, 1.165) is 25.7 Å². The number of carbonyl (C=O) groups excluding carboxylic acids is 2. The van der Waals surface area contributed by atoms with E-state index >= 15 is 0 Å². The molecule has 200 valence electrons. The van der Waals surface area contributed by atoms with Gasteiger partial charge in [-0.3, -0.25) is 9.59 Å². The highest BCUT2D eigenvalue weighted by atomic mass is 79.9. The molecule has 0 saturated heterocycles. The molecule has 3 atom stereocenters. The zero-order chi connectivity index (χ0) is 26.9. The molecule has 0 fully saturated rings. The van der Waals surface area contributed by atoms with Crippen LogP contribution in [0, 0.1) is 18.8 Å². The summed E-state index contributed by atoms with van der Waals surface area (Å²) >= 11 is 5.47. The van der Waals surface area contributed by atoms with Crippen molar-refractivity contribution >= 4 is 47.3 Å². The van der Waals surface area contributed by atoms with Crippen molar-refractivity contribution in [3.63, 3.8) is 0 Å². The summed E-state index contributed by atoms with van der Waals surface area (Å²) in [7, 11) is -0.539. The fraction of sp³-hybridized carbons (Fsp3) is 0.586. The van der Waals surface area contributed by atoms with Gasteiger partial charge in [-0.05, 0) is 85.2 Å². The van der Waals surface area contributed by atoms with E-state index in [4.69, 9.17) is 4.43 Å². The lowest BCUT2D eigenvalue weighted by molar-refractivity contribution is -0.140. The molecule has 1 aliphatic rings. The van der Waals surface area contributed by atoms with Gasteiger partial charge in [-0.25, -0.2) is 0 Å². The summed E-state index contributed by atoms with van der Waals surface area (Å²) in [6.07, 6.45) is 16.9. The molecule has 1 aromatic heterocycles. The van der Waals surface area contributed by atoms with Crippen molar-refractivity contribution in [2.75, 3.05) is 7.11 Å². The lowest BCUT2D eigenvalue weighted by Crippen LogP contribution is -2.43. The number of aryl methyl sites for hydroxylation is 2. The van der Waals surface area contributed by atoms with Gasteiger partial charge in [0.15, 0.2) is 14.1 Å². The molecule has 0 saturated carbocycles. The number of esters is 1. The predicted octanol–water partition coefficient (Wildman–Crippen LogP) is 8.36. The normalized spacial score (nSPS) is 19.6. The minimum absolute atomic E-state index is 0.0192. The highest BCUT2D eigenvalue weighted by Crippen LogP contribution is 2.38. The Balaban J connectivity index is 2.05. The third kappa shape index (κ3) is 9.55. The van der Waals surface area contributed by atoms with E-state index in [-0.39, 0.29) is 34.7 Å². The fourth-order valence-corrected chi connectivity index (χ4v) is 6.80. The van der Waals surface area contributed by atoms with Crippen LogP contribution in [0.25, 0.3) is 0 Å². The number of hydrogen-bond acceptors (Lipinski definition) is 5. The van der Waals surface area contributed by atoms with E-state index in [0.29, 0.717) is 12.8 Å². The minimum atomic E-state index is -1.95. The van der Waals surface area contributed by atoms with Crippen LogP contribution in [0.5, 0.6) is 0 Å². The molecule has 0 N–H and O–H groups in total. The van der Waals surface area contributed by atoms with Gasteiger partial charge in [-0.15, -0.1) is 11.3 Å². The number of halogens is 1. The number of carbonyl (C=O) groups is 2. The van der Waals surface area contributed by atoms with Crippen LogP contribution in [-0.2, 0) is 25.2 Å². The summed E-state index contributed by atoms with van der Waals surface area (Å²) in [6, 6.07) is 2.22. The average Bonchev–Trinajstić information content (AvgIpc) is 3.31. The Hall–Kier alpha value is -1.28. The predicted molar refractivity (Wildman–Crippen MR) is 157 cm³/mol. The van der Waals surface area contributed by atoms with Crippen molar-refractivity contribution in [3.8, 4) is 0 Å². The van der Waals surface area contributed by atoms with Crippen LogP contribution < -0.4 is 0 Å². The number of methoxy groups -OCH3 is 1. The Morgan fingerprint density at radius 3 is 2.61 bits per heavy atom. The Morgan fingerprint density at radius 1 is 1.28 bits per heavy atom. The zero-order valence-electron chi connectivity index (χ0n) is 22.9. The minimum Gasteiger partial charge on any atom is -0.469 e. The van der Waals surface area contributed by atoms with Crippen LogP contribution in [0.15, 0.2) is 47.0 Å². The summed E-state index contributed by atoms with van der Waals surface area (Å²) in [4.78, 5) is 26.4. The van der Waals surface area contributed by atoms with Crippen molar-refractivity contribution in [2.45, 2.75) is 90.5 Å². The third-order valence-electron chi connectivity index (χ3n) is 7.23. The van der Waals surface area contributed by atoms with Crippen LogP contribution in [-0.4, -0.2) is 33.3 Å². The fourth-order valence-electron chi connectivity index (χ4n) is 3.88. The molecule has 36 heavy (non-hydrogen) atoms. The zero-order valence-corrected chi connectivity index (χ0v) is 26.3. The molecule has 2 rings (SSSR count). The Labute approximate surface area is 231 Å². The van der Waals surface area contributed by atoms with Gasteiger partial charge in [0.1, 0.15) is 0 Å². The van der Waals surface area contributed by atoms with Gasteiger partial charge in [-0.2, -0.15) is 0 Å². The summed E-state index contributed by atoms with van der Waals surface area (Å²) in [6.45, 7) is 13.5. The average molecular weight is 596 g/mol. The molecule has 0 bridgehead atoms. The molecule has 0 spiro atoms. The Bertz CT molecular complexity index is 951. The summed E-state index contributed by atoms with van der Waals surface area (Å²) in [5, 5.41) is 0.131. The first-order chi connectivity index (χ1) is 16.8. The maximum Gasteiger partial charge on any atom is 0.305 e. The molecular formula is C29H43BrO4SSi. The van der Waals surface area contributed by atoms with Gasteiger partial charge in [0.2, 0.25) is 0 Å². The van der Waals surface area contributed by atoms with Gasteiger partial charge < -0.3 is 9.16 Å². The molecule has 1 aromatic rings. The highest BCUT2D eigenvalue weighted by molar-refractivity contribution is 9.10. The molecule has 7 heteroatoms.